The van der Waals surface area contributed by atoms with Crippen LogP contribution in [0.5, 0.6) is 0 Å². The molecule has 0 spiro atoms. The minimum Gasteiger partial charge on any atom is -0.219 e. The Morgan fingerprint density at radius 3 is 2.77 bits per heavy atom. The van der Waals surface area contributed by atoms with E-state index in [9.17, 15) is 0 Å². The quantitative estimate of drug-likeness (QED) is 0.730. The summed E-state index contributed by atoms with van der Waals surface area (Å²) in [6.45, 7) is 0. The highest BCUT2D eigenvalue weighted by Gasteiger charge is 2.05. The van der Waals surface area contributed by atoms with Crippen molar-refractivity contribution in [3.8, 4) is 5.69 Å². The molecule has 0 aliphatic carbocycles. The molecule has 0 bridgehead atoms. The number of hydrogen-bond donors (Lipinski definition) is 0. The van der Waals surface area contributed by atoms with Gasteiger partial charge in [0.2, 0.25) is 0 Å². The molecule has 0 fully saturated rings. The smallest absolute Gasteiger partial charge is 0.0864 e. The van der Waals surface area contributed by atoms with Crippen LogP contribution < -0.4 is 0 Å². The van der Waals surface area contributed by atoms with Crippen molar-refractivity contribution >= 4 is 23.2 Å². The van der Waals surface area contributed by atoms with E-state index in [1.54, 1.807) is 23.1 Å². The molecule has 1 heterocycles. The van der Waals surface area contributed by atoms with E-state index >= 15 is 0 Å². The lowest BCUT2D eigenvalue weighted by Crippen LogP contribution is -1.95. The molecule has 0 unspecified atom stereocenters. The van der Waals surface area contributed by atoms with Gasteiger partial charge in [0.1, 0.15) is 0 Å². The Balaban J connectivity index is 2.59. The standard InChI is InChI=1S/C8H5Cl2N3/c9-6-2-1-3-7(8(6)10)13-5-4-11-12-13/h1-5H. The minimum atomic E-state index is 0.481. The molecule has 0 saturated heterocycles. The number of halogens is 2. The zero-order valence-electron chi connectivity index (χ0n) is 6.48. The van der Waals surface area contributed by atoms with Gasteiger partial charge in [-0.15, -0.1) is 5.10 Å². The van der Waals surface area contributed by atoms with Crippen LogP contribution in [-0.2, 0) is 0 Å². The molecule has 1 aromatic carbocycles. The Kier molecular flexibility index (Phi) is 2.20. The van der Waals surface area contributed by atoms with Crippen LogP contribution in [0.1, 0.15) is 0 Å². The lowest BCUT2D eigenvalue weighted by molar-refractivity contribution is 0.803. The molecule has 5 heteroatoms. The normalized spacial score (nSPS) is 10.3. The van der Waals surface area contributed by atoms with E-state index in [4.69, 9.17) is 23.2 Å². The fraction of sp³-hybridized carbons (Fsp3) is 0. The second-order valence-corrected chi connectivity index (χ2v) is 3.21. The molecule has 0 N–H and O–H groups in total. The largest absolute Gasteiger partial charge is 0.219 e. The topological polar surface area (TPSA) is 30.7 Å². The first-order valence-corrected chi connectivity index (χ1v) is 4.35. The van der Waals surface area contributed by atoms with Gasteiger partial charge < -0.3 is 0 Å². The first-order chi connectivity index (χ1) is 6.29. The van der Waals surface area contributed by atoms with E-state index in [1.165, 1.54) is 0 Å². The maximum Gasteiger partial charge on any atom is 0.0864 e. The number of nitrogens with zero attached hydrogens (tertiary/aromatic N) is 3. The molecule has 1 aromatic heterocycles. The van der Waals surface area contributed by atoms with E-state index < -0.39 is 0 Å². The molecule has 0 amide bonds. The molecule has 0 saturated carbocycles. The Hall–Kier alpha value is -1.06. The van der Waals surface area contributed by atoms with Crippen LogP contribution in [0.3, 0.4) is 0 Å². The third-order valence-corrected chi connectivity index (χ3v) is 2.41. The van der Waals surface area contributed by atoms with Crippen LogP contribution >= 0.6 is 23.2 Å². The zero-order chi connectivity index (χ0) is 9.26. The maximum absolute atomic E-state index is 5.96. The fourth-order valence-electron chi connectivity index (χ4n) is 1.01. The molecule has 0 atom stereocenters. The molecule has 2 aromatic rings. The van der Waals surface area contributed by atoms with Crippen molar-refractivity contribution in [1.82, 2.24) is 15.0 Å². The maximum atomic E-state index is 5.96. The molecule has 13 heavy (non-hydrogen) atoms. The number of rotatable bonds is 1. The van der Waals surface area contributed by atoms with Crippen LogP contribution in [-0.4, -0.2) is 15.0 Å². The molecule has 0 aliphatic heterocycles. The van der Waals surface area contributed by atoms with Gasteiger partial charge >= 0.3 is 0 Å². The predicted octanol–water partition coefficient (Wildman–Crippen LogP) is 2.57. The van der Waals surface area contributed by atoms with Crippen molar-refractivity contribution < 1.29 is 0 Å². The van der Waals surface area contributed by atoms with Crippen molar-refractivity contribution in [3.05, 3.63) is 40.6 Å². The Morgan fingerprint density at radius 2 is 2.08 bits per heavy atom. The first-order valence-electron chi connectivity index (χ1n) is 3.60. The summed E-state index contributed by atoms with van der Waals surface area (Å²) in [5.41, 5.74) is 0.728. The monoisotopic (exact) mass is 213 g/mol. The van der Waals surface area contributed by atoms with Gasteiger partial charge in [0.05, 0.1) is 28.1 Å². The van der Waals surface area contributed by atoms with Crippen LogP contribution in [0.2, 0.25) is 10.0 Å². The summed E-state index contributed by atoms with van der Waals surface area (Å²) in [5, 5.41) is 8.48. The second-order valence-electron chi connectivity index (χ2n) is 2.42. The van der Waals surface area contributed by atoms with Gasteiger partial charge in [0.15, 0.2) is 0 Å². The van der Waals surface area contributed by atoms with Gasteiger partial charge in [-0.05, 0) is 12.1 Å². The van der Waals surface area contributed by atoms with Gasteiger partial charge in [0.25, 0.3) is 0 Å². The van der Waals surface area contributed by atoms with Crippen LogP contribution in [0, 0.1) is 0 Å². The highest BCUT2D eigenvalue weighted by Crippen LogP contribution is 2.27. The molecular weight excluding hydrogens is 209 g/mol. The summed E-state index contributed by atoms with van der Waals surface area (Å²) in [6, 6.07) is 5.36. The lowest BCUT2D eigenvalue weighted by Gasteiger charge is -2.03. The van der Waals surface area contributed by atoms with Crippen molar-refractivity contribution in [2.24, 2.45) is 0 Å². The Morgan fingerprint density at radius 1 is 1.23 bits per heavy atom. The molecule has 2 rings (SSSR count). The van der Waals surface area contributed by atoms with Crippen LogP contribution in [0.4, 0.5) is 0 Å². The van der Waals surface area contributed by atoms with E-state index in [-0.39, 0.29) is 0 Å². The highest BCUT2D eigenvalue weighted by molar-refractivity contribution is 6.43. The number of benzene rings is 1. The van der Waals surface area contributed by atoms with Gasteiger partial charge in [-0.3, -0.25) is 0 Å². The molecular formula is C8H5Cl2N3. The Bertz CT molecular complexity index is 411. The van der Waals surface area contributed by atoms with Gasteiger partial charge in [-0.2, -0.15) is 0 Å². The summed E-state index contributed by atoms with van der Waals surface area (Å²) in [5.74, 6) is 0. The summed E-state index contributed by atoms with van der Waals surface area (Å²) in [4.78, 5) is 0. The van der Waals surface area contributed by atoms with Crippen molar-refractivity contribution in [3.63, 3.8) is 0 Å². The molecule has 66 valence electrons. The predicted molar refractivity (Wildman–Crippen MR) is 51.4 cm³/mol. The molecule has 3 nitrogen and oxygen atoms in total. The second kappa shape index (κ2) is 3.36. The SMILES string of the molecule is Clc1cccc(-n2ccnn2)c1Cl. The number of hydrogen-bond acceptors (Lipinski definition) is 2. The van der Waals surface area contributed by atoms with Crippen LogP contribution in [0.25, 0.3) is 5.69 Å². The summed E-state index contributed by atoms with van der Waals surface area (Å²) in [7, 11) is 0. The minimum absolute atomic E-state index is 0.481. The van der Waals surface area contributed by atoms with E-state index in [1.807, 2.05) is 12.1 Å². The van der Waals surface area contributed by atoms with E-state index in [2.05, 4.69) is 10.3 Å². The molecule has 0 aliphatic rings. The molecule has 0 radical (unpaired) electrons. The lowest BCUT2D eigenvalue weighted by atomic mass is 10.3. The van der Waals surface area contributed by atoms with Crippen molar-refractivity contribution in [1.29, 1.82) is 0 Å². The van der Waals surface area contributed by atoms with Crippen molar-refractivity contribution in [2.75, 3.05) is 0 Å². The third-order valence-electron chi connectivity index (χ3n) is 1.60. The fourth-order valence-corrected chi connectivity index (χ4v) is 1.39. The van der Waals surface area contributed by atoms with E-state index in [0.29, 0.717) is 10.0 Å². The summed E-state index contributed by atoms with van der Waals surface area (Å²) < 4.78 is 1.56. The third kappa shape index (κ3) is 1.53. The zero-order valence-corrected chi connectivity index (χ0v) is 8.00. The van der Waals surface area contributed by atoms with Gasteiger partial charge in [-0.1, -0.05) is 34.5 Å². The number of aromatic nitrogens is 3. The van der Waals surface area contributed by atoms with Crippen LogP contribution in [0.15, 0.2) is 30.6 Å². The van der Waals surface area contributed by atoms with Crippen molar-refractivity contribution in [2.45, 2.75) is 0 Å². The van der Waals surface area contributed by atoms with Gasteiger partial charge in [-0.25, -0.2) is 4.68 Å². The summed E-state index contributed by atoms with van der Waals surface area (Å²) >= 11 is 11.8. The van der Waals surface area contributed by atoms with E-state index in [0.717, 1.165) is 5.69 Å². The first kappa shape index (κ1) is 8.53. The average Bonchev–Trinajstić information content (AvgIpc) is 2.62. The highest BCUT2D eigenvalue weighted by atomic mass is 35.5. The van der Waals surface area contributed by atoms with Gasteiger partial charge in [0, 0.05) is 0 Å². The Labute approximate surface area is 84.9 Å². The average molecular weight is 214 g/mol. The summed E-state index contributed by atoms with van der Waals surface area (Å²) in [6.07, 6.45) is 3.29.